The van der Waals surface area contributed by atoms with E-state index in [4.69, 9.17) is 4.74 Å². The Morgan fingerprint density at radius 2 is 1.82 bits per heavy atom. The average Bonchev–Trinajstić information content (AvgIpc) is 3.32. The zero-order chi connectivity index (χ0) is 15.4. The van der Waals surface area contributed by atoms with E-state index in [0.717, 1.165) is 59.0 Å². The number of ether oxygens (including phenoxy) is 1. The number of hydrogen-bond acceptors (Lipinski definition) is 5. The molecule has 22 heavy (non-hydrogen) atoms. The molecule has 1 N–H and O–H groups in total. The number of nitrogens with zero attached hydrogens (tertiary/aromatic N) is 3. The van der Waals surface area contributed by atoms with Gasteiger partial charge in [0.05, 0.1) is 19.8 Å². The van der Waals surface area contributed by atoms with Gasteiger partial charge < -0.3 is 10.1 Å². The van der Waals surface area contributed by atoms with E-state index in [0.29, 0.717) is 18.6 Å². The zero-order valence-electron chi connectivity index (χ0n) is 13.8. The number of carbonyl (C=O) groups is 1. The first kappa shape index (κ1) is 16.2. The second-order valence-corrected chi connectivity index (χ2v) is 6.92. The number of nitrogens with one attached hydrogen (secondary N) is 1. The van der Waals surface area contributed by atoms with Crippen LogP contribution in [0.5, 0.6) is 0 Å². The van der Waals surface area contributed by atoms with Gasteiger partial charge in [-0.1, -0.05) is 0 Å². The first-order valence-corrected chi connectivity index (χ1v) is 8.76. The molecule has 0 spiro atoms. The van der Waals surface area contributed by atoms with Crippen LogP contribution in [0, 0.1) is 0 Å². The molecule has 3 rings (SSSR count). The van der Waals surface area contributed by atoms with Crippen molar-refractivity contribution in [1.29, 1.82) is 0 Å². The predicted octanol–water partition coefficient (Wildman–Crippen LogP) is -0.397. The standard InChI is InChI=1S/C16H30N4O2/c1-14-13-22-11-10-20(14)9-8-18-4-6-19(7-5-18)12-16(21)17-15-2-3-15/h14-15H,2-13H2,1H3,(H,17,21)/t14-/m1/s1. The SMILES string of the molecule is C[C@@H]1COCCN1CCN1CCN(CC(=O)NC2CC2)CC1. The van der Waals surface area contributed by atoms with Crippen molar-refractivity contribution in [1.82, 2.24) is 20.0 Å². The van der Waals surface area contributed by atoms with Gasteiger partial charge in [-0.05, 0) is 19.8 Å². The molecular weight excluding hydrogens is 280 g/mol. The molecule has 0 aromatic heterocycles. The summed E-state index contributed by atoms with van der Waals surface area (Å²) >= 11 is 0. The lowest BCUT2D eigenvalue weighted by molar-refractivity contribution is -0.122. The van der Waals surface area contributed by atoms with Crippen molar-refractivity contribution in [3.05, 3.63) is 0 Å². The van der Waals surface area contributed by atoms with Gasteiger partial charge >= 0.3 is 0 Å². The van der Waals surface area contributed by atoms with Crippen LogP contribution in [0.15, 0.2) is 0 Å². The first-order valence-electron chi connectivity index (χ1n) is 8.76. The molecule has 0 bridgehead atoms. The Labute approximate surface area is 133 Å². The van der Waals surface area contributed by atoms with E-state index < -0.39 is 0 Å². The summed E-state index contributed by atoms with van der Waals surface area (Å²) in [5, 5.41) is 3.07. The van der Waals surface area contributed by atoms with E-state index >= 15 is 0 Å². The minimum Gasteiger partial charge on any atom is -0.379 e. The number of morpholine rings is 1. The smallest absolute Gasteiger partial charge is 0.234 e. The van der Waals surface area contributed by atoms with Crippen molar-refractivity contribution in [2.45, 2.75) is 31.8 Å². The van der Waals surface area contributed by atoms with Crippen LogP contribution >= 0.6 is 0 Å². The van der Waals surface area contributed by atoms with E-state index in [-0.39, 0.29) is 5.91 Å². The molecule has 1 aliphatic carbocycles. The molecular formula is C16H30N4O2. The minimum absolute atomic E-state index is 0.207. The van der Waals surface area contributed by atoms with Crippen LogP contribution in [-0.2, 0) is 9.53 Å². The summed E-state index contributed by atoms with van der Waals surface area (Å²) in [4.78, 5) is 19.2. The van der Waals surface area contributed by atoms with E-state index in [9.17, 15) is 4.79 Å². The maximum Gasteiger partial charge on any atom is 0.234 e. The van der Waals surface area contributed by atoms with Crippen molar-refractivity contribution >= 4 is 5.91 Å². The van der Waals surface area contributed by atoms with Crippen LogP contribution in [0.25, 0.3) is 0 Å². The van der Waals surface area contributed by atoms with Gasteiger partial charge in [0.2, 0.25) is 5.91 Å². The van der Waals surface area contributed by atoms with E-state index in [1.807, 2.05) is 0 Å². The number of amides is 1. The Balaban J connectivity index is 1.30. The van der Waals surface area contributed by atoms with Crippen LogP contribution in [-0.4, -0.2) is 98.3 Å². The third-order valence-corrected chi connectivity index (χ3v) is 4.98. The van der Waals surface area contributed by atoms with Gasteiger partial charge in [0.15, 0.2) is 0 Å². The zero-order valence-corrected chi connectivity index (χ0v) is 13.8. The number of rotatable bonds is 6. The monoisotopic (exact) mass is 310 g/mol. The highest BCUT2D eigenvalue weighted by molar-refractivity contribution is 5.78. The quantitative estimate of drug-likeness (QED) is 0.724. The molecule has 1 atom stereocenters. The van der Waals surface area contributed by atoms with Crippen molar-refractivity contribution in [2.75, 3.05) is 65.6 Å². The van der Waals surface area contributed by atoms with Crippen LogP contribution in [0.2, 0.25) is 0 Å². The van der Waals surface area contributed by atoms with Crippen LogP contribution in [0.3, 0.4) is 0 Å². The van der Waals surface area contributed by atoms with Crippen LogP contribution in [0.1, 0.15) is 19.8 Å². The summed E-state index contributed by atoms with van der Waals surface area (Å²) in [6, 6.07) is 1.02. The maximum absolute atomic E-state index is 11.8. The van der Waals surface area contributed by atoms with Gasteiger partial charge in [-0.2, -0.15) is 0 Å². The summed E-state index contributed by atoms with van der Waals surface area (Å²) < 4.78 is 5.49. The van der Waals surface area contributed by atoms with Gasteiger partial charge in [0, 0.05) is 57.9 Å². The molecule has 3 aliphatic rings. The highest BCUT2D eigenvalue weighted by atomic mass is 16.5. The van der Waals surface area contributed by atoms with E-state index in [1.54, 1.807) is 0 Å². The Morgan fingerprint density at radius 1 is 1.09 bits per heavy atom. The van der Waals surface area contributed by atoms with Gasteiger partial charge in [0.1, 0.15) is 0 Å². The highest BCUT2D eigenvalue weighted by Crippen LogP contribution is 2.18. The third kappa shape index (κ3) is 4.91. The second-order valence-electron chi connectivity index (χ2n) is 6.92. The number of piperazine rings is 1. The summed E-state index contributed by atoms with van der Waals surface area (Å²) in [5.74, 6) is 0.207. The molecule has 1 amide bonds. The summed E-state index contributed by atoms with van der Waals surface area (Å²) in [6.07, 6.45) is 2.33. The molecule has 3 fully saturated rings. The van der Waals surface area contributed by atoms with Gasteiger partial charge in [-0.15, -0.1) is 0 Å². The molecule has 2 saturated heterocycles. The molecule has 0 aromatic rings. The normalized spacial score (nSPS) is 28.7. The lowest BCUT2D eigenvalue weighted by atomic mass is 10.2. The van der Waals surface area contributed by atoms with Gasteiger partial charge in [-0.3, -0.25) is 19.5 Å². The lowest BCUT2D eigenvalue weighted by Crippen LogP contribution is -2.52. The topological polar surface area (TPSA) is 48.1 Å². The average molecular weight is 310 g/mol. The van der Waals surface area contributed by atoms with Gasteiger partial charge in [0.25, 0.3) is 0 Å². The number of hydrogen-bond donors (Lipinski definition) is 1. The first-order chi connectivity index (χ1) is 10.7. The molecule has 2 aliphatic heterocycles. The maximum atomic E-state index is 11.8. The summed E-state index contributed by atoms with van der Waals surface area (Å²) in [6.45, 7) is 12.1. The van der Waals surface area contributed by atoms with Crippen LogP contribution < -0.4 is 5.32 Å². The van der Waals surface area contributed by atoms with Gasteiger partial charge in [-0.25, -0.2) is 0 Å². The van der Waals surface area contributed by atoms with Crippen molar-refractivity contribution in [2.24, 2.45) is 0 Å². The predicted molar refractivity (Wildman–Crippen MR) is 85.9 cm³/mol. The molecule has 126 valence electrons. The molecule has 0 aromatic carbocycles. The van der Waals surface area contributed by atoms with Crippen molar-refractivity contribution in [3.63, 3.8) is 0 Å². The molecule has 1 saturated carbocycles. The fourth-order valence-electron chi connectivity index (χ4n) is 3.24. The second kappa shape index (κ2) is 7.73. The Bertz CT molecular complexity index is 367. The fourth-order valence-corrected chi connectivity index (χ4v) is 3.24. The highest BCUT2D eigenvalue weighted by Gasteiger charge is 2.25. The molecule has 6 heteroatoms. The lowest BCUT2D eigenvalue weighted by Gasteiger charge is -2.38. The van der Waals surface area contributed by atoms with Crippen molar-refractivity contribution in [3.8, 4) is 0 Å². The van der Waals surface area contributed by atoms with Crippen molar-refractivity contribution < 1.29 is 9.53 Å². The Morgan fingerprint density at radius 3 is 2.50 bits per heavy atom. The van der Waals surface area contributed by atoms with E-state index in [1.165, 1.54) is 12.8 Å². The minimum atomic E-state index is 0.207. The number of carbonyl (C=O) groups excluding carboxylic acids is 1. The van der Waals surface area contributed by atoms with E-state index in [2.05, 4.69) is 26.9 Å². The third-order valence-electron chi connectivity index (χ3n) is 4.98. The summed E-state index contributed by atoms with van der Waals surface area (Å²) in [5.41, 5.74) is 0. The van der Waals surface area contributed by atoms with Crippen LogP contribution in [0.4, 0.5) is 0 Å². The largest absolute Gasteiger partial charge is 0.379 e. The summed E-state index contributed by atoms with van der Waals surface area (Å²) in [7, 11) is 0. The molecule has 0 unspecified atom stereocenters. The molecule has 2 heterocycles. The fraction of sp³-hybridized carbons (Fsp3) is 0.938. The Hall–Kier alpha value is -0.690. The molecule has 6 nitrogen and oxygen atoms in total. The molecule has 0 radical (unpaired) electrons. The Kier molecular flexibility index (Phi) is 5.68.